The van der Waals surface area contributed by atoms with E-state index >= 15 is 0 Å². The van der Waals surface area contributed by atoms with Gasteiger partial charge in [0.05, 0.1) is 22.9 Å². The SMILES string of the molecule is O=C(COCc1nc2ccccc2s1)N1CCCC1c1nnc2ccccn12. The second kappa shape index (κ2) is 7.29. The van der Waals surface area contributed by atoms with Crippen LogP contribution < -0.4 is 0 Å². The van der Waals surface area contributed by atoms with E-state index < -0.39 is 0 Å². The lowest BCUT2D eigenvalue weighted by atomic mass is 10.2. The van der Waals surface area contributed by atoms with Gasteiger partial charge in [-0.15, -0.1) is 21.5 Å². The number of nitrogens with zero attached hydrogens (tertiary/aromatic N) is 5. The summed E-state index contributed by atoms with van der Waals surface area (Å²) in [6.45, 7) is 1.11. The first kappa shape index (κ1) is 17.3. The number of hydrogen-bond donors (Lipinski definition) is 0. The van der Waals surface area contributed by atoms with Crippen molar-refractivity contribution in [2.45, 2.75) is 25.5 Å². The molecule has 4 heterocycles. The van der Waals surface area contributed by atoms with Crippen LogP contribution in [0.2, 0.25) is 0 Å². The van der Waals surface area contributed by atoms with Crippen molar-refractivity contribution in [1.82, 2.24) is 24.5 Å². The number of ether oxygens (including phenoxy) is 1. The predicted octanol–water partition coefficient (Wildman–Crippen LogP) is 3.22. The summed E-state index contributed by atoms with van der Waals surface area (Å²) in [5.74, 6) is 0.795. The summed E-state index contributed by atoms with van der Waals surface area (Å²) in [6, 6.07) is 13.7. The number of hydrogen-bond acceptors (Lipinski definition) is 6. The van der Waals surface area contributed by atoms with E-state index in [1.165, 1.54) is 0 Å². The maximum atomic E-state index is 12.8. The van der Waals surface area contributed by atoms with Gasteiger partial charge in [-0.2, -0.15) is 0 Å². The Morgan fingerprint density at radius 3 is 3.00 bits per heavy atom. The van der Waals surface area contributed by atoms with Crippen LogP contribution in [0.25, 0.3) is 15.9 Å². The van der Waals surface area contributed by atoms with Gasteiger partial charge in [-0.1, -0.05) is 18.2 Å². The highest BCUT2D eigenvalue weighted by Crippen LogP contribution is 2.31. The Morgan fingerprint density at radius 1 is 1.18 bits per heavy atom. The molecule has 1 aliphatic heterocycles. The lowest BCUT2D eigenvalue weighted by molar-refractivity contribution is -0.137. The van der Waals surface area contributed by atoms with E-state index in [1.807, 2.05) is 58.0 Å². The second-order valence-corrected chi connectivity index (χ2v) is 7.92. The van der Waals surface area contributed by atoms with Crippen LogP contribution in [0.15, 0.2) is 48.7 Å². The van der Waals surface area contributed by atoms with Crippen LogP contribution in [0, 0.1) is 0 Å². The highest BCUT2D eigenvalue weighted by molar-refractivity contribution is 7.18. The van der Waals surface area contributed by atoms with Gasteiger partial charge in [0, 0.05) is 12.7 Å². The molecule has 1 atom stereocenters. The van der Waals surface area contributed by atoms with Crippen LogP contribution in [0.1, 0.15) is 29.7 Å². The first-order chi connectivity index (χ1) is 13.8. The van der Waals surface area contributed by atoms with Gasteiger partial charge in [-0.3, -0.25) is 9.20 Å². The predicted molar refractivity (Wildman–Crippen MR) is 106 cm³/mol. The summed E-state index contributed by atoms with van der Waals surface area (Å²) in [4.78, 5) is 19.2. The number of amides is 1. The summed E-state index contributed by atoms with van der Waals surface area (Å²) in [5.41, 5.74) is 1.76. The number of likely N-dealkylation sites (tertiary alicyclic amines) is 1. The Kier molecular flexibility index (Phi) is 4.50. The number of pyridine rings is 1. The van der Waals surface area contributed by atoms with Crippen LogP contribution in [0.5, 0.6) is 0 Å². The molecule has 28 heavy (non-hydrogen) atoms. The zero-order chi connectivity index (χ0) is 18.9. The smallest absolute Gasteiger partial charge is 0.249 e. The zero-order valence-electron chi connectivity index (χ0n) is 15.2. The topological polar surface area (TPSA) is 72.6 Å². The molecule has 0 N–H and O–H groups in total. The molecule has 1 amide bonds. The fourth-order valence-electron chi connectivity index (χ4n) is 3.71. The van der Waals surface area contributed by atoms with Crippen molar-refractivity contribution in [3.05, 3.63) is 59.5 Å². The van der Waals surface area contributed by atoms with E-state index in [9.17, 15) is 4.79 Å². The van der Waals surface area contributed by atoms with Crippen molar-refractivity contribution < 1.29 is 9.53 Å². The second-order valence-electron chi connectivity index (χ2n) is 6.80. The van der Waals surface area contributed by atoms with Crippen LogP contribution in [-0.2, 0) is 16.1 Å². The minimum absolute atomic E-state index is 0.0173. The first-order valence-corrected chi connectivity index (χ1v) is 10.1. The standard InChI is InChI=1S/C20H19N5O2S/c26-19(13-27-12-18-21-14-6-1-2-8-16(14)28-18)24-11-5-7-15(24)20-23-22-17-9-3-4-10-25(17)20/h1-4,6,8-10,15H,5,7,11-13H2. The fourth-order valence-corrected chi connectivity index (χ4v) is 4.62. The van der Waals surface area contributed by atoms with Crippen molar-refractivity contribution in [3.63, 3.8) is 0 Å². The average Bonchev–Trinajstić information content (AvgIpc) is 3.44. The monoisotopic (exact) mass is 393 g/mol. The van der Waals surface area contributed by atoms with Crippen LogP contribution in [0.3, 0.4) is 0 Å². The molecule has 7 nitrogen and oxygen atoms in total. The quantitative estimate of drug-likeness (QED) is 0.521. The molecule has 8 heteroatoms. The molecule has 1 saturated heterocycles. The minimum atomic E-state index is -0.0593. The zero-order valence-corrected chi connectivity index (χ0v) is 16.0. The van der Waals surface area contributed by atoms with Gasteiger partial charge < -0.3 is 9.64 Å². The lowest BCUT2D eigenvalue weighted by Crippen LogP contribution is -2.34. The molecule has 0 spiro atoms. The summed E-state index contributed by atoms with van der Waals surface area (Å²) >= 11 is 1.60. The van der Waals surface area contributed by atoms with E-state index in [4.69, 9.17) is 4.74 Å². The molecule has 3 aromatic heterocycles. The molecule has 4 aromatic rings. The number of fused-ring (bicyclic) bond motifs is 2. The molecule has 1 aliphatic rings. The molecule has 0 radical (unpaired) electrons. The minimum Gasteiger partial charge on any atom is -0.364 e. The van der Waals surface area contributed by atoms with Crippen molar-refractivity contribution in [2.24, 2.45) is 0 Å². The summed E-state index contributed by atoms with van der Waals surface area (Å²) in [6.07, 6.45) is 3.78. The molecular weight excluding hydrogens is 374 g/mol. The third-order valence-corrected chi connectivity index (χ3v) is 6.01. The molecule has 0 aliphatic carbocycles. The van der Waals surface area contributed by atoms with E-state index in [2.05, 4.69) is 15.2 Å². The number of rotatable bonds is 5. The largest absolute Gasteiger partial charge is 0.364 e. The van der Waals surface area contributed by atoms with Crippen LogP contribution in [0.4, 0.5) is 0 Å². The molecular formula is C20H19N5O2S. The summed E-state index contributed by atoms with van der Waals surface area (Å²) in [5, 5.41) is 9.43. The number of aromatic nitrogens is 4. The molecule has 1 fully saturated rings. The number of thiazole rings is 1. The van der Waals surface area contributed by atoms with Gasteiger partial charge in [-0.05, 0) is 37.1 Å². The third kappa shape index (κ3) is 3.14. The van der Waals surface area contributed by atoms with Gasteiger partial charge in [0.2, 0.25) is 5.91 Å². The van der Waals surface area contributed by atoms with Gasteiger partial charge in [0.25, 0.3) is 0 Å². The van der Waals surface area contributed by atoms with E-state index in [0.717, 1.165) is 46.1 Å². The summed E-state index contributed by atoms with van der Waals surface area (Å²) < 4.78 is 8.78. The molecule has 0 bridgehead atoms. The van der Waals surface area contributed by atoms with Crippen molar-refractivity contribution in [3.8, 4) is 0 Å². The first-order valence-electron chi connectivity index (χ1n) is 9.31. The van der Waals surface area contributed by atoms with E-state index in [1.54, 1.807) is 11.3 Å². The van der Waals surface area contributed by atoms with Gasteiger partial charge in [0.1, 0.15) is 11.6 Å². The Bertz CT molecular complexity index is 1100. The molecule has 0 saturated carbocycles. The highest BCUT2D eigenvalue weighted by atomic mass is 32.1. The molecule has 1 unspecified atom stereocenters. The van der Waals surface area contributed by atoms with Gasteiger partial charge in [0.15, 0.2) is 11.5 Å². The third-order valence-electron chi connectivity index (χ3n) is 5.00. The maximum Gasteiger partial charge on any atom is 0.249 e. The normalized spacial score (nSPS) is 17.0. The molecule has 1 aromatic carbocycles. The Morgan fingerprint density at radius 2 is 2.07 bits per heavy atom. The van der Waals surface area contributed by atoms with E-state index in [0.29, 0.717) is 6.61 Å². The van der Waals surface area contributed by atoms with Crippen molar-refractivity contribution >= 4 is 33.1 Å². The van der Waals surface area contributed by atoms with Crippen LogP contribution in [-0.4, -0.2) is 43.5 Å². The van der Waals surface area contributed by atoms with Crippen LogP contribution >= 0.6 is 11.3 Å². The Balaban J connectivity index is 1.25. The number of carbonyl (C=O) groups excluding carboxylic acids is 1. The van der Waals surface area contributed by atoms with Crippen molar-refractivity contribution in [2.75, 3.05) is 13.2 Å². The Hall–Kier alpha value is -2.84. The number of benzene rings is 1. The molecule has 5 rings (SSSR count). The maximum absolute atomic E-state index is 12.8. The van der Waals surface area contributed by atoms with Crippen molar-refractivity contribution in [1.29, 1.82) is 0 Å². The van der Waals surface area contributed by atoms with E-state index in [-0.39, 0.29) is 18.6 Å². The Labute approximate surface area is 165 Å². The lowest BCUT2D eigenvalue weighted by Gasteiger charge is -2.23. The average molecular weight is 393 g/mol. The summed E-state index contributed by atoms with van der Waals surface area (Å²) in [7, 11) is 0. The highest BCUT2D eigenvalue weighted by Gasteiger charge is 2.33. The fraction of sp³-hybridized carbons (Fsp3) is 0.300. The van der Waals surface area contributed by atoms with Gasteiger partial charge in [-0.25, -0.2) is 4.98 Å². The van der Waals surface area contributed by atoms with Gasteiger partial charge >= 0.3 is 0 Å². The number of para-hydroxylation sites is 1. The number of carbonyl (C=O) groups is 1. The molecule has 142 valence electrons.